The summed E-state index contributed by atoms with van der Waals surface area (Å²) in [6.07, 6.45) is 0. The van der Waals surface area contributed by atoms with Crippen molar-refractivity contribution in [1.82, 2.24) is 15.0 Å². The third-order valence-electron chi connectivity index (χ3n) is 11.8. The standard InChI is InChI=1S/C57H35N3O2/c1-3-12-37(13-4-1)44-16-7-8-17-45(44)38-24-22-36(23-25-38)42-31-33-51-49(34-42)54-46(19-11-21-52(54)61-51)39-26-28-41(29-27-39)56-58-55(40-14-5-2-6-15-40)59-57(60-56)43-30-32-48-47-18-9-10-20-50(47)62-53(48)35-43/h1-35H. The molecule has 0 spiro atoms. The quantitative estimate of drug-likeness (QED) is 0.161. The number of furan rings is 2. The molecule has 290 valence electrons. The van der Waals surface area contributed by atoms with Crippen molar-refractivity contribution >= 4 is 43.9 Å². The summed E-state index contributed by atoms with van der Waals surface area (Å²) in [4.78, 5) is 15.0. The molecule has 5 nitrogen and oxygen atoms in total. The van der Waals surface area contributed by atoms with Crippen molar-refractivity contribution in [2.24, 2.45) is 0 Å². The molecule has 62 heavy (non-hydrogen) atoms. The number of hydrogen-bond donors (Lipinski definition) is 0. The normalized spacial score (nSPS) is 11.5. The molecule has 5 heteroatoms. The first-order chi connectivity index (χ1) is 30.7. The van der Waals surface area contributed by atoms with Crippen LogP contribution in [0.5, 0.6) is 0 Å². The molecule has 0 amide bonds. The van der Waals surface area contributed by atoms with Crippen LogP contribution >= 0.6 is 0 Å². The Bertz CT molecular complexity index is 3610. The summed E-state index contributed by atoms with van der Waals surface area (Å²) in [5.41, 5.74) is 15.3. The van der Waals surface area contributed by atoms with Crippen molar-refractivity contribution < 1.29 is 8.83 Å². The van der Waals surface area contributed by atoms with Gasteiger partial charge >= 0.3 is 0 Å². The molecular weight excluding hydrogens is 759 g/mol. The predicted octanol–water partition coefficient (Wildman–Crippen LogP) is 15.3. The lowest BCUT2D eigenvalue weighted by atomic mass is 9.93. The van der Waals surface area contributed by atoms with E-state index in [-0.39, 0.29) is 0 Å². The Morgan fingerprint density at radius 2 is 0.694 bits per heavy atom. The predicted molar refractivity (Wildman–Crippen MR) is 252 cm³/mol. The van der Waals surface area contributed by atoms with Gasteiger partial charge in [-0.15, -0.1) is 0 Å². The molecule has 0 aliphatic carbocycles. The second kappa shape index (κ2) is 14.7. The van der Waals surface area contributed by atoms with Gasteiger partial charge in [0.25, 0.3) is 0 Å². The van der Waals surface area contributed by atoms with Crippen LogP contribution in [-0.4, -0.2) is 15.0 Å². The van der Waals surface area contributed by atoms with E-state index in [0.717, 1.165) is 82.8 Å². The van der Waals surface area contributed by atoms with Crippen LogP contribution in [-0.2, 0) is 0 Å². The number of rotatable bonds is 7. The van der Waals surface area contributed by atoms with Gasteiger partial charge in [0.2, 0.25) is 0 Å². The van der Waals surface area contributed by atoms with Gasteiger partial charge in [-0.25, -0.2) is 15.0 Å². The van der Waals surface area contributed by atoms with E-state index in [4.69, 9.17) is 23.8 Å². The van der Waals surface area contributed by atoms with Crippen molar-refractivity contribution in [2.45, 2.75) is 0 Å². The van der Waals surface area contributed by atoms with E-state index in [9.17, 15) is 0 Å². The van der Waals surface area contributed by atoms with Crippen molar-refractivity contribution in [2.75, 3.05) is 0 Å². The van der Waals surface area contributed by atoms with Gasteiger partial charge in [0.15, 0.2) is 17.5 Å². The zero-order chi connectivity index (χ0) is 41.0. The van der Waals surface area contributed by atoms with Gasteiger partial charge in [-0.2, -0.15) is 0 Å². The van der Waals surface area contributed by atoms with E-state index in [1.807, 2.05) is 60.7 Å². The average molecular weight is 794 g/mol. The Kier molecular flexibility index (Phi) is 8.42. The smallest absolute Gasteiger partial charge is 0.164 e. The highest BCUT2D eigenvalue weighted by Gasteiger charge is 2.17. The van der Waals surface area contributed by atoms with Gasteiger partial charge in [-0.3, -0.25) is 0 Å². The summed E-state index contributed by atoms with van der Waals surface area (Å²) < 4.78 is 12.7. The molecule has 12 rings (SSSR count). The summed E-state index contributed by atoms with van der Waals surface area (Å²) >= 11 is 0. The van der Waals surface area contributed by atoms with E-state index in [1.165, 1.54) is 22.3 Å². The van der Waals surface area contributed by atoms with Crippen LogP contribution in [0.3, 0.4) is 0 Å². The lowest BCUT2D eigenvalue weighted by molar-refractivity contribution is 0.668. The molecule has 0 radical (unpaired) electrons. The molecule has 3 aromatic heterocycles. The zero-order valence-corrected chi connectivity index (χ0v) is 33.4. The first-order valence-electron chi connectivity index (χ1n) is 20.7. The zero-order valence-electron chi connectivity index (χ0n) is 33.4. The number of benzene rings is 9. The molecule has 9 aromatic carbocycles. The molecule has 0 N–H and O–H groups in total. The Hall–Kier alpha value is -8.41. The first-order valence-corrected chi connectivity index (χ1v) is 20.7. The topological polar surface area (TPSA) is 65.0 Å². The van der Waals surface area contributed by atoms with Crippen LogP contribution < -0.4 is 0 Å². The SMILES string of the molecule is c1ccc(-c2nc(-c3ccc(-c4cccc5oc6ccc(-c7ccc(-c8ccccc8-c8ccccc8)cc7)cc6c45)cc3)nc(-c3ccc4c(c3)oc3ccccc34)n2)cc1. The molecule has 0 aliphatic rings. The van der Waals surface area contributed by atoms with Gasteiger partial charge in [-0.05, 0) is 80.9 Å². The second-order valence-electron chi connectivity index (χ2n) is 15.5. The van der Waals surface area contributed by atoms with Crippen LogP contribution in [0.4, 0.5) is 0 Å². The highest BCUT2D eigenvalue weighted by Crippen LogP contribution is 2.40. The van der Waals surface area contributed by atoms with Crippen LogP contribution in [0.15, 0.2) is 221 Å². The summed E-state index contributed by atoms with van der Waals surface area (Å²) in [5.74, 6) is 1.78. The third-order valence-corrected chi connectivity index (χ3v) is 11.8. The van der Waals surface area contributed by atoms with Crippen molar-refractivity contribution in [1.29, 1.82) is 0 Å². The Morgan fingerprint density at radius 1 is 0.242 bits per heavy atom. The Morgan fingerprint density at radius 3 is 1.42 bits per heavy atom. The van der Waals surface area contributed by atoms with E-state index in [0.29, 0.717) is 17.5 Å². The molecular formula is C57H35N3O2. The van der Waals surface area contributed by atoms with Gasteiger partial charge in [-0.1, -0.05) is 176 Å². The molecule has 0 bridgehead atoms. The molecule has 0 fully saturated rings. The van der Waals surface area contributed by atoms with Crippen LogP contribution in [0.25, 0.3) is 123 Å². The molecule has 0 aliphatic heterocycles. The summed E-state index contributed by atoms with van der Waals surface area (Å²) in [6.45, 7) is 0. The highest BCUT2D eigenvalue weighted by atomic mass is 16.3. The third kappa shape index (κ3) is 6.23. The molecule has 12 aromatic rings. The Balaban J connectivity index is 0.900. The largest absolute Gasteiger partial charge is 0.456 e. The van der Waals surface area contributed by atoms with Crippen molar-refractivity contribution in [3.05, 3.63) is 212 Å². The number of fused-ring (bicyclic) bond motifs is 6. The molecule has 0 saturated heterocycles. The minimum Gasteiger partial charge on any atom is -0.456 e. The monoisotopic (exact) mass is 793 g/mol. The maximum Gasteiger partial charge on any atom is 0.164 e. The fraction of sp³-hybridized carbons (Fsp3) is 0. The maximum atomic E-state index is 6.45. The molecule has 0 unspecified atom stereocenters. The summed E-state index contributed by atoms with van der Waals surface area (Å²) in [7, 11) is 0. The number of para-hydroxylation sites is 1. The fourth-order valence-corrected chi connectivity index (χ4v) is 8.71. The number of hydrogen-bond acceptors (Lipinski definition) is 5. The van der Waals surface area contributed by atoms with Gasteiger partial charge in [0.05, 0.1) is 0 Å². The number of nitrogens with zero attached hydrogens (tertiary/aromatic N) is 3. The lowest BCUT2D eigenvalue weighted by Gasteiger charge is -2.11. The van der Waals surface area contributed by atoms with Crippen LogP contribution in [0.1, 0.15) is 0 Å². The average Bonchev–Trinajstić information content (AvgIpc) is 3.92. The van der Waals surface area contributed by atoms with E-state index in [2.05, 4.69) is 152 Å². The first kappa shape index (κ1) is 35.5. The van der Waals surface area contributed by atoms with E-state index in [1.54, 1.807) is 0 Å². The van der Waals surface area contributed by atoms with E-state index >= 15 is 0 Å². The summed E-state index contributed by atoms with van der Waals surface area (Å²) in [5, 5.41) is 4.30. The minimum absolute atomic E-state index is 0.581. The molecule has 3 heterocycles. The van der Waals surface area contributed by atoms with Crippen molar-refractivity contribution in [3.8, 4) is 78.7 Å². The highest BCUT2D eigenvalue weighted by molar-refractivity contribution is 6.13. The Labute approximate surface area is 357 Å². The van der Waals surface area contributed by atoms with Crippen LogP contribution in [0, 0.1) is 0 Å². The van der Waals surface area contributed by atoms with E-state index < -0.39 is 0 Å². The van der Waals surface area contributed by atoms with Crippen molar-refractivity contribution in [3.63, 3.8) is 0 Å². The molecule has 0 saturated carbocycles. The summed E-state index contributed by atoms with van der Waals surface area (Å²) in [6, 6.07) is 73.6. The van der Waals surface area contributed by atoms with Gasteiger partial charge in [0, 0.05) is 38.2 Å². The van der Waals surface area contributed by atoms with Gasteiger partial charge < -0.3 is 8.83 Å². The number of aromatic nitrogens is 3. The lowest BCUT2D eigenvalue weighted by Crippen LogP contribution is -2.00. The van der Waals surface area contributed by atoms with Gasteiger partial charge in [0.1, 0.15) is 22.3 Å². The maximum absolute atomic E-state index is 6.45. The second-order valence-corrected chi connectivity index (χ2v) is 15.5. The van der Waals surface area contributed by atoms with Crippen LogP contribution in [0.2, 0.25) is 0 Å². The fourth-order valence-electron chi connectivity index (χ4n) is 8.71. The minimum atomic E-state index is 0.581. The molecule has 0 atom stereocenters.